The summed E-state index contributed by atoms with van der Waals surface area (Å²) in [6.07, 6.45) is 8.09. The summed E-state index contributed by atoms with van der Waals surface area (Å²) < 4.78 is 12.6. The van der Waals surface area contributed by atoms with Crippen molar-refractivity contribution in [2.45, 2.75) is 98.4 Å². The molecule has 1 aliphatic carbocycles. The fourth-order valence-corrected chi connectivity index (χ4v) is 5.20. The molecule has 1 aliphatic heterocycles. The van der Waals surface area contributed by atoms with Gasteiger partial charge in [0.15, 0.2) is 5.79 Å². The first-order valence-electron chi connectivity index (χ1n) is 10.7. The van der Waals surface area contributed by atoms with E-state index in [1.54, 1.807) is 7.11 Å². The maximum Gasteiger partial charge on any atom is 0.168 e. The summed E-state index contributed by atoms with van der Waals surface area (Å²) in [4.78, 5) is 5.42. The molecule has 0 aromatic rings. The Balaban J connectivity index is 1.80. The molecule has 0 aromatic carbocycles. The molecule has 26 heavy (non-hydrogen) atoms. The first-order valence-corrected chi connectivity index (χ1v) is 10.7. The molecule has 1 atom stereocenters. The summed E-state index contributed by atoms with van der Waals surface area (Å²) in [7, 11) is 1.75. The van der Waals surface area contributed by atoms with Crippen molar-refractivity contribution in [3.63, 3.8) is 0 Å². The molecule has 2 rings (SSSR count). The van der Waals surface area contributed by atoms with Crippen LogP contribution in [0.15, 0.2) is 0 Å². The van der Waals surface area contributed by atoms with Crippen LogP contribution < -0.4 is 0 Å². The van der Waals surface area contributed by atoms with Crippen molar-refractivity contribution in [3.05, 3.63) is 0 Å². The zero-order valence-corrected chi connectivity index (χ0v) is 18.4. The minimum absolute atomic E-state index is 0.212. The highest BCUT2D eigenvalue weighted by Crippen LogP contribution is 2.49. The van der Waals surface area contributed by atoms with E-state index in [4.69, 9.17) is 14.3 Å². The third-order valence-corrected chi connectivity index (χ3v) is 6.18. The molecule has 1 saturated heterocycles. The van der Waals surface area contributed by atoms with Crippen LogP contribution in [0.1, 0.15) is 86.5 Å². The van der Waals surface area contributed by atoms with Crippen LogP contribution in [0.2, 0.25) is 0 Å². The minimum atomic E-state index is -0.304. The first-order chi connectivity index (χ1) is 12.1. The molecule has 1 spiro atoms. The summed E-state index contributed by atoms with van der Waals surface area (Å²) in [5, 5.41) is 2.03. The van der Waals surface area contributed by atoms with Gasteiger partial charge >= 0.3 is 0 Å². The third kappa shape index (κ3) is 6.19. The fourth-order valence-electron chi connectivity index (χ4n) is 5.20. The number of hydrogen-bond donors (Lipinski definition) is 0. The van der Waals surface area contributed by atoms with Gasteiger partial charge in [0.1, 0.15) is 0 Å². The predicted molar refractivity (Wildman–Crippen MR) is 107 cm³/mol. The topological polar surface area (TPSA) is 30.9 Å². The summed E-state index contributed by atoms with van der Waals surface area (Å²) in [6, 6.07) is 0. The number of hydroxylamine groups is 2. The van der Waals surface area contributed by atoms with Crippen molar-refractivity contribution in [1.29, 1.82) is 0 Å². The summed E-state index contributed by atoms with van der Waals surface area (Å²) in [5.74, 6) is 0.467. The molecule has 1 unspecified atom stereocenters. The van der Waals surface area contributed by atoms with Crippen LogP contribution in [0, 0.1) is 16.7 Å². The molecule has 0 bridgehead atoms. The van der Waals surface area contributed by atoms with Crippen LogP contribution in [-0.4, -0.2) is 43.8 Å². The Morgan fingerprint density at radius 3 is 2.27 bits per heavy atom. The minimum Gasteiger partial charge on any atom is -0.347 e. The van der Waals surface area contributed by atoms with Gasteiger partial charge in [-0.3, -0.25) is 0 Å². The van der Waals surface area contributed by atoms with Gasteiger partial charge in [0.2, 0.25) is 0 Å². The van der Waals surface area contributed by atoms with Gasteiger partial charge in [-0.05, 0) is 48.9 Å². The Hall–Kier alpha value is -0.160. The largest absolute Gasteiger partial charge is 0.347 e. The zero-order chi connectivity index (χ0) is 19.4. The highest BCUT2D eigenvalue weighted by molar-refractivity contribution is 4.91. The van der Waals surface area contributed by atoms with E-state index in [1.807, 2.05) is 5.06 Å². The number of ether oxygens (including phenoxy) is 2. The lowest BCUT2D eigenvalue weighted by Gasteiger charge is -2.45. The van der Waals surface area contributed by atoms with E-state index in [9.17, 15) is 0 Å². The lowest BCUT2D eigenvalue weighted by atomic mass is 9.64. The van der Waals surface area contributed by atoms with E-state index < -0.39 is 0 Å². The molecule has 2 fully saturated rings. The monoisotopic (exact) mass is 369 g/mol. The molecular formula is C22H43NO3. The van der Waals surface area contributed by atoms with Gasteiger partial charge < -0.3 is 14.3 Å². The van der Waals surface area contributed by atoms with E-state index in [1.165, 1.54) is 19.3 Å². The van der Waals surface area contributed by atoms with Gasteiger partial charge in [-0.25, -0.2) is 0 Å². The van der Waals surface area contributed by atoms with Crippen molar-refractivity contribution in [1.82, 2.24) is 5.06 Å². The second-order valence-electron chi connectivity index (χ2n) is 10.4. The van der Waals surface area contributed by atoms with Crippen molar-refractivity contribution >= 4 is 0 Å². The predicted octanol–water partition coefficient (Wildman–Crippen LogP) is 5.41. The molecule has 0 radical (unpaired) electrons. The fraction of sp³-hybridized carbons (Fsp3) is 1.00. The Labute approximate surface area is 161 Å². The number of nitrogens with zero attached hydrogens (tertiary/aromatic N) is 1. The lowest BCUT2D eigenvalue weighted by Crippen LogP contribution is -2.40. The maximum atomic E-state index is 6.42. The van der Waals surface area contributed by atoms with Crippen LogP contribution in [0.4, 0.5) is 0 Å². The molecule has 0 N–H and O–H groups in total. The molecular weight excluding hydrogens is 326 g/mol. The molecule has 4 nitrogen and oxygen atoms in total. The summed E-state index contributed by atoms with van der Waals surface area (Å²) in [5.41, 5.74) is 0.771. The van der Waals surface area contributed by atoms with Gasteiger partial charge in [-0.1, -0.05) is 41.5 Å². The number of rotatable bonds is 8. The quantitative estimate of drug-likeness (QED) is 0.535. The van der Waals surface area contributed by atoms with Crippen molar-refractivity contribution in [2.75, 3.05) is 26.8 Å². The van der Waals surface area contributed by atoms with E-state index in [2.05, 4.69) is 41.5 Å². The standard InChI is InChI=1S/C22H43NO3/c1-8-14-23(24-7)15-11-19-16-25-22(26-19)12-9-18(10-13-22)21(5,6)17-20(2,3)4/h18-19H,8-17H2,1-7H3. The Bertz CT molecular complexity index is 422. The van der Waals surface area contributed by atoms with Gasteiger partial charge in [-0.15, -0.1) is 0 Å². The average molecular weight is 370 g/mol. The van der Waals surface area contributed by atoms with Gasteiger partial charge in [0, 0.05) is 25.9 Å². The van der Waals surface area contributed by atoms with Crippen LogP contribution in [0.3, 0.4) is 0 Å². The maximum absolute atomic E-state index is 6.42. The molecule has 2 aliphatic rings. The second-order valence-corrected chi connectivity index (χ2v) is 10.4. The van der Waals surface area contributed by atoms with Crippen LogP contribution in [0.25, 0.3) is 0 Å². The highest BCUT2D eigenvalue weighted by Gasteiger charge is 2.47. The lowest BCUT2D eigenvalue weighted by molar-refractivity contribution is -0.200. The van der Waals surface area contributed by atoms with E-state index >= 15 is 0 Å². The Kier molecular flexibility index (Phi) is 7.57. The molecule has 0 aromatic heterocycles. The molecule has 0 amide bonds. The van der Waals surface area contributed by atoms with E-state index in [-0.39, 0.29) is 11.9 Å². The SMILES string of the molecule is CCCN(CCC1COC2(CCC(C(C)(C)CC(C)(C)C)CC2)O1)OC. The van der Waals surface area contributed by atoms with Crippen LogP contribution in [-0.2, 0) is 14.3 Å². The van der Waals surface area contributed by atoms with Gasteiger partial charge in [-0.2, -0.15) is 5.06 Å². The van der Waals surface area contributed by atoms with E-state index in [0.29, 0.717) is 10.8 Å². The molecule has 1 heterocycles. The zero-order valence-electron chi connectivity index (χ0n) is 18.4. The average Bonchev–Trinajstić information content (AvgIpc) is 2.92. The smallest absolute Gasteiger partial charge is 0.168 e. The molecule has 4 heteroatoms. The van der Waals surface area contributed by atoms with Crippen molar-refractivity contribution < 1.29 is 14.3 Å². The van der Waals surface area contributed by atoms with Gasteiger partial charge in [0.05, 0.1) is 19.8 Å². The third-order valence-electron chi connectivity index (χ3n) is 6.18. The summed E-state index contributed by atoms with van der Waals surface area (Å²) >= 11 is 0. The highest BCUT2D eigenvalue weighted by atomic mass is 16.7. The Morgan fingerprint density at radius 1 is 1.08 bits per heavy atom. The normalized spacial score (nSPS) is 30.5. The second kappa shape index (κ2) is 8.89. The molecule has 1 saturated carbocycles. The van der Waals surface area contributed by atoms with E-state index in [0.717, 1.165) is 51.3 Å². The summed E-state index contributed by atoms with van der Waals surface area (Å²) in [6.45, 7) is 16.8. The van der Waals surface area contributed by atoms with Crippen LogP contribution >= 0.6 is 0 Å². The van der Waals surface area contributed by atoms with Crippen LogP contribution in [0.5, 0.6) is 0 Å². The first kappa shape index (κ1) is 22.1. The Morgan fingerprint density at radius 2 is 1.73 bits per heavy atom. The molecule has 154 valence electrons. The van der Waals surface area contributed by atoms with Gasteiger partial charge in [0.25, 0.3) is 0 Å². The van der Waals surface area contributed by atoms with Crippen molar-refractivity contribution in [3.8, 4) is 0 Å². The number of hydrogen-bond acceptors (Lipinski definition) is 4. The van der Waals surface area contributed by atoms with Crippen molar-refractivity contribution in [2.24, 2.45) is 16.7 Å².